The van der Waals surface area contributed by atoms with Crippen LogP contribution < -0.4 is 5.73 Å². The third kappa shape index (κ3) is 1.35. The lowest BCUT2D eigenvalue weighted by Crippen LogP contribution is -2.35. The van der Waals surface area contributed by atoms with Crippen LogP contribution in [0.3, 0.4) is 0 Å². The second-order valence-electron chi connectivity index (χ2n) is 4.07. The molecule has 0 radical (unpaired) electrons. The van der Waals surface area contributed by atoms with Gasteiger partial charge < -0.3 is 5.73 Å². The summed E-state index contributed by atoms with van der Waals surface area (Å²) in [5.41, 5.74) is 7.68. The number of nitrogens with two attached hydrogens (primary N) is 1. The fourth-order valence-electron chi connectivity index (χ4n) is 2.11. The summed E-state index contributed by atoms with van der Waals surface area (Å²) in [5.74, 6) is 0.587. The lowest BCUT2D eigenvalue weighted by Gasteiger charge is -2.36. The van der Waals surface area contributed by atoms with E-state index in [4.69, 9.17) is 17.3 Å². The second-order valence-corrected chi connectivity index (χ2v) is 4.45. The summed E-state index contributed by atoms with van der Waals surface area (Å²) in [7, 11) is 0. The van der Waals surface area contributed by atoms with E-state index in [1.165, 1.54) is 12.8 Å². The van der Waals surface area contributed by atoms with Crippen molar-refractivity contribution >= 4 is 11.6 Å². The fourth-order valence-corrected chi connectivity index (χ4v) is 2.24. The van der Waals surface area contributed by atoms with Crippen molar-refractivity contribution in [1.82, 2.24) is 9.78 Å². The molecule has 0 amide bonds. The van der Waals surface area contributed by atoms with Gasteiger partial charge in [0.25, 0.3) is 0 Å². The zero-order valence-corrected chi connectivity index (χ0v) is 9.38. The average molecular weight is 214 g/mol. The van der Waals surface area contributed by atoms with Gasteiger partial charge in [-0.15, -0.1) is 0 Å². The second kappa shape index (κ2) is 3.55. The predicted octanol–water partition coefficient (Wildman–Crippen LogP) is 2.06. The summed E-state index contributed by atoms with van der Waals surface area (Å²) in [6.07, 6.45) is 2.40. The maximum atomic E-state index is 6.10. The first-order valence-electron chi connectivity index (χ1n) is 5.06. The highest BCUT2D eigenvalue weighted by Gasteiger charge is 2.33. The Balaban J connectivity index is 2.28. The van der Waals surface area contributed by atoms with Crippen LogP contribution in [0.15, 0.2) is 0 Å². The average Bonchev–Trinajstić information content (AvgIpc) is 2.33. The van der Waals surface area contributed by atoms with Gasteiger partial charge in [0, 0.05) is 0 Å². The fraction of sp³-hybridized carbons (Fsp3) is 0.700. The van der Waals surface area contributed by atoms with Crippen LogP contribution in [0.2, 0.25) is 5.02 Å². The minimum absolute atomic E-state index is 0.478. The zero-order valence-electron chi connectivity index (χ0n) is 8.63. The van der Waals surface area contributed by atoms with Gasteiger partial charge >= 0.3 is 0 Å². The quantitative estimate of drug-likeness (QED) is 0.818. The minimum Gasteiger partial charge on any atom is -0.330 e. The SMILES string of the molecule is Cc1nn(C2CCC2CN)c(C)c1Cl. The molecule has 1 saturated carbocycles. The Hall–Kier alpha value is -0.540. The van der Waals surface area contributed by atoms with Crippen LogP contribution in [0.4, 0.5) is 0 Å². The molecule has 1 fully saturated rings. The number of aryl methyl sites for hydroxylation is 1. The number of aromatic nitrogens is 2. The first-order chi connectivity index (χ1) is 6.65. The predicted molar refractivity (Wildman–Crippen MR) is 57.5 cm³/mol. The van der Waals surface area contributed by atoms with E-state index in [9.17, 15) is 0 Å². The van der Waals surface area contributed by atoms with E-state index in [0.29, 0.717) is 12.0 Å². The van der Waals surface area contributed by atoms with Crippen molar-refractivity contribution in [2.24, 2.45) is 11.7 Å². The highest BCUT2D eigenvalue weighted by atomic mass is 35.5. The van der Waals surface area contributed by atoms with Gasteiger partial charge in [-0.2, -0.15) is 5.10 Å². The molecule has 3 nitrogen and oxygen atoms in total. The standard InChI is InChI=1S/C10H16ClN3/c1-6-10(11)7(2)14(13-6)9-4-3-8(9)5-12/h8-9H,3-5,12H2,1-2H3. The van der Waals surface area contributed by atoms with Gasteiger partial charge in [-0.05, 0) is 39.2 Å². The molecule has 1 aliphatic carbocycles. The smallest absolute Gasteiger partial charge is 0.0844 e. The number of hydrogen-bond donors (Lipinski definition) is 1. The van der Waals surface area contributed by atoms with E-state index < -0.39 is 0 Å². The topological polar surface area (TPSA) is 43.8 Å². The lowest BCUT2D eigenvalue weighted by atomic mass is 9.79. The summed E-state index contributed by atoms with van der Waals surface area (Å²) in [6, 6.07) is 0.478. The normalized spacial score (nSPS) is 26.3. The van der Waals surface area contributed by atoms with Crippen molar-refractivity contribution in [3.8, 4) is 0 Å². The van der Waals surface area contributed by atoms with E-state index in [1.54, 1.807) is 0 Å². The highest BCUT2D eigenvalue weighted by Crippen LogP contribution is 2.39. The minimum atomic E-state index is 0.478. The Morgan fingerprint density at radius 3 is 2.57 bits per heavy atom. The first kappa shape index (κ1) is 9.99. The van der Waals surface area contributed by atoms with Crippen LogP contribution >= 0.6 is 11.6 Å². The molecule has 14 heavy (non-hydrogen) atoms. The van der Waals surface area contributed by atoms with E-state index in [1.807, 2.05) is 13.8 Å². The van der Waals surface area contributed by atoms with Gasteiger partial charge in [0.15, 0.2) is 0 Å². The summed E-state index contributed by atoms with van der Waals surface area (Å²) < 4.78 is 2.05. The Labute approximate surface area is 89.2 Å². The summed E-state index contributed by atoms with van der Waals surface area (Å²) in [6.45, 7) is 4.72. The maximum Gasteiger partial charge on any atom is 0.0844 e. The molecule has 78 valence electrons. The monoisotopic (exact) mass is 213 g/mol. The first-order valence-corrected chi connectivity index (χ1v) is 5.44. The molecule has 0 spiro atoms. The van der Waals surface area contributed by atoms with Crippen molar-refractivity contribution in [2.45, 2.75) is 32.7 Å². The molecule has 1 aliphatic rings. The number of halogens is 1. The molecule has 0 bridgehead atoms. The Bertz CT molecular complexity index is 343. The molecule has 1 aromatic rings. The van der Waals surface area contributed by atoms with E-state index >= 15 is 0 Å². The van der Waals surface area contributed by atoms with Crippen LogP contribution in [0.1, 0.15) is 30.3 Å². The molecule has 0 saturated heterocycles. The van der Waals surface area contributed by atoms with Gasteiger partial charge in [-0.25, -0.2) is 0 Å². The Morgan fingerprint density at radius 1 is 1.50 bits per heavy atom. The van der Waals surface area contributed by atoms with Crippen LogP contribution in [0.5, 0.6) is 0 Å². The van der Waals surface area contributed by atoms with E-state index in [-0.39, 0.29) is 0 Å². The Morgan fingerprint density at radius 2 is 2.21 bits per heavy atom. The Kier molecular flexibility index (Phi) is 2.54. The molecule has 0 aromatic carbocycles. The van der Waals surface area contributed by atoms with Crippen molar-refractivity contribution in [3.05, 3.63) is 16.4 Å². The summed E-state index contributed by atoms with van der Waals surface area (Å²) in [5, 5.41) is 5.26. The molecule has 2 atom stereocenters. The van der Waals surface area contributed by atoms with Gasteiger partial charge in [0.1, 0.15) is 0 Å². The van der Waals surface area contributed by atoms with Gasteiger partial charge in [0.2, 0.25) is 0 Å². The van der Waals surface area contributed by atoms with Crippen LogP contribution in [0.25, 0.3) is 0 Å². The summed E-state index contributed by atoms with van der Waals surface area (Å²) in [4.78, 5) is 0. The molecular weight excluding hydrogens is 198 g/mol. The van der Waals surface area contributed by atoms with Crippen molar-refractivity contribution < 1.29 is 0 Å². The number of nitrogens with zero attached hydrogens (tertiary/aromatic N) is 2. The van der Waals surface area contributed by atoms with Gasteiger partial charge in [0.05, 0.1) is 22.5 Å². The van der Waals surface area contributed by atoms with E-state index in [2.05, 4.69) is 9.78 Å². The molecule has 0 aliphatic heterocycles. The molecule has 1 aromatic heterocycles. The third-order valence-electron chi connectivity index (χ3n) is 3.23. The zero-order chi connectivity index (χ0) is 10.3. The molecular formula is C10H16ClN3. The molecule has 1 heterocycles. The lowest BCUT2D eigenvalue weighted by molar-refractivity contribution is 0.171. The third-order valence-corrected chi connectivity index (χ3v) is 3.78. The molecule has 2 N–H and O–H groups in total. The van der Waals surface area contributed by atoms with Crippen molar-refractivity contribution in [3.63, 3.8) is 0 Å². The van der Waals surface area contributed by atoms with Crippen molar-refractivity contribution in [2.75, 3.05) is 6.54 Å². The van der Waals surface area contributed by atoms with E-state index in [0.717, 1.165) is 23.0 Å². The molecule has 2 unspecified atom stereocenters. The van der Waals surface area contributed by atoms with Gasteiger partial charge in [-0.1, -0.05) is 11.6 Å². The maximum absolute atomic E-state index is 6.10. The van der Waals surface area contributed by atoms with Crippen LogP contribution in [-0.2, 0) is 0 Å². The molecule has 2 rings (SSSR count). The summed E-state index contributed by atoms with van der Waals surface area (Å²) >= 11 is 6.10. The number of rotatable bonds is 2. The highest BCUT2D eigenvalue weighted by molar-refractivity contribution is 6.31. The van der Waals surface area contributed by atoms with Crippen molar-refractivity contribution in [1.29, 1.82) is 0 Å². The largest absolute Gasteiger partial charge is 0.330 e. The van der Waals surface area contributed by atoms with Gasteiger partial charge in [-0.3, -0.25) is 4.68 Å². The van der Waals surface area contributed by atoms with Crippen LogP contribution in [-0.4, -0.2) is 16.3 Å². The van der Waals surface area contributed by atoms with Crippen LogP contribution in [0, 0.1) is 19.8 Å². The molecule has 4 heteroatoms. The number of hydrogen-bond acceptors (Lipinski definition) is 2.